The van der Waals surface area contributed by atoms with Crippen LogP contribution in [0.15, 0.2) is 0 Å². The molecule has 0 aromatic carbocycles. The van der Waals surface area contributed by atoms with Crippen molar-refractivity contribution < 1.29 is 58.5 Å². The molecule has 7 nitrogen and oxygen atoms in total. The van der Waals surface area contributed by atoms with Crippen LogP contribution in [0.5, 0.6) is 0 Å². The van der Waals surface area contributed by atoms with Gasteiger partial charge in [-0.1, -0.05) is 13.8 Å². The molecule has 8 heteroatoms. The molecule has 1 N–H and O–H groups in total. The van der Waals surface area contributed by atoms with Gasteiger partial charge in [0.15, 0.2) is 5.79 Å². The molecule has 124 valence electrons. The Morgan fingerprint density at radius 2 is 1.91 bits per heavy atom. The Kier molecular flexibility index (Phi) is 5.81. The van der Waals surface area contributed by atoms with Gasteiger partial charge >= 0.3 is 29.6 Å². The number of rotatable bonds is 5. The number of ether oxygens (including phenoxy) is 3. The maximum Gasteiger partial charge on any atom is 1.00 e. The van der Waals surface area contributed by atoms with E-state index in [4.69, 9.17) is 14.2 Å². The number of hydrogen-bond acceptors (Lipinski definition) is 6. The molecule has 3 rings (SSSR count). The zero-order valence-corrected chi connectivity index (χ0v) is 15.9. The summed E-state index contributed by atoms with van der Waals surface area (Å²) < 4.78 is 17.1. The Hall–Kier alpha value is -0.180. The van der Waals surface area contributed by atoms with Gasteiger partial charge in [-0.2, -0.15) is 0 Å². The molecule has 3 fully saturated rings. The van der Waals surface area contributed by atoms with E-state index in [1.54, 1.807) is 0 Å². The van der Waals surface area contributed by atoms with Crippen LogP contribution in [0, 0.1) is 23.2 Å². The first kappa shape index (κ1) is 19.1. The predicted molar refractivity (Wildman–Crippen MR) is 72.3 cm³/mol. The molecule has 1 unspecified atom stereocenters. The van der Waals surface area contributed by atoms with Crippen molar-refractivity contribution in [2.75, 3.05) is 33.0 Å². The SMILES string of the molecule is CC(C)(CNC(=O)[C@@H]1C[C@@H]1C(=O)[O-])C1COCC12OCCO2.[Na+]. The number of carboxylic acids is 1. The van der Waals surface area contributed by atoms with Gasteiger partial charge in [0, 0.05) is 30.3 Å². The van der Waals surface area contributed by atoms with Crippen LogP contribution in [0.1, 0.15) is 20.3 Å². The smallest absolute Gasteiger partial charge is 0.550 e. The number of carboxylic acid groups (broad SMARTS) is 1. The van der Waals surface area contributed by atoms with Crippen LogP contribution < -0.4 is 40.0 Å². The zero-order valence-electron chi connectivity index (χ0n) is 13.9. The van der Waals surface area contributed by atoms with Crippen LogP contribution in [0.4, 0.5) is 0 Å². The molecule has 1 amide bonds. The first-order chi connectivity index (χ1) is 10.4. The van der Waals surface area contributed by atoms with Gasteiger partial charge < -0.3 is 29.4 Å². The van der Waals surface area contributed by atoms with E-state index >= 15 is 0 Å². The summed E-state index contributed by atoms with van der Waals surface area (Å²) in [5, 5.41) is 13.6. The summed E-state index contributed by atoms with van der Waals surface area (Å²) in [4.78, 5) is 22.7. The summed E-state index contributed by atoms with van der Waals surface area (Å²) in [5.41, 5.74) is -0.289. The summed E-state index contributed by atoms with van der Waals surface area (Å²) in [7, 11) is 0. The molecule has 23 heavy (non-hydrogen) atoms. The van der Waals surface area contributed by atoms with Crippen molar-refractivity contribution in [3.8, 4) is 0 Å². The Bertz CT molecular complexity index is 471. The summed E-state index contributed by atoms with van der Waals surface area (Å²) >= 11 is 0. The van der Waals surface area contributed by atoms with Gasteiger partial charge in [0.2, 0.25) is 5.91 Å². The number of amides is 1. The van der Waals surface area contributed by atoms with Gasteiger partial charge in [-0.3, -0.25) is 4.79 Å². The third kappa shape index (κ3) is 3.75. The van der Waals surface area contributed by atoms with Crippen molar-refractivity contribution in [2.45, 2.75) is 26.1 Å². The third-order valence-corrected chi connectivity index (χ3v) is 4.99. The first-order valence-electron chi connectivity index (χ1n) is 7.70. The standard InChI is InChI=1S/C15H23NO6.Na/c1-14(2,7-16-12(17)9-5-10(9)13(18)19)11-6-20-8-15(11)21-3-4-22-15;/h9-11H,3-8H2,1-2H3,(H,16,17)(H,18,19);/q;+1/p-1/t9-,10+,11?;/m1./s1. The van der Waals surface area contributed by atoms with Crippen LogP contribution in [-0.2, 0) is 23.8 Å². The number of carbonyl (C=O) groups excluding carboxylic acids is 2. The van der Waals surface area contributed by atoms with Crippen molar-refractivity contribution in [1.29, 1.82) is 0 Å². The van der Waals surface area contributed by atoms with Crippen molar-refractivity contribution in [2.24, 2.45) is 23.2 Å². The fourth-order valence-corrected chi connectivity index (χ4v) is 3.44. The summed E-state index contributed by atoms with van der Waals surface area (Å²) in [6.07, 6.45) is 0.372. The second-order valence-electron chi connectivity index (χ2n) is 7.05. The minimum atomic E-state index is -1.14. The van der Waals surface area contributed by atoms with Crippen LogP contribution in [-0.4, -0.2) is 50.6 Å². The molecule has 0 aromatic rings. The molecule has 3 aliphatic rings. The summed E-state index contributed by atoms with van der Waals surface area (Å²) in [6, 6.07) is 0. The van der Waals surface area contributed by atoms with Crippen LogP contribution in [0.3, 0.4) is 0 Å². The van der Waals surface area contributed by atoms with Gasteiger partial charge in [-0.25, -0.2) is 0 Å². The minimum absolute atomic E-state index is 0. The zero-order chi connectivity index (χ0) is 16.0. The topological polar surface area (TPSA) is 96.9 Å². The third-order valence-electron chi connectivity index (χ3n) is 4.99. The molecule has 0 radical (unpaired) electrons. The van der Waals surface area contributed by atoms with E-state index in [1.165, 1.54) is 0 Å². The van der Waals surface area contributed by atoms with Crippen molar-refractivity contribution in [3.63, 3.8) is 0 Å². The normalized spacial score (nSPS) is 31.7. The molecule has 1 aliphatic carbocycles. The maximum absolute atomic E-state index is 12.0. The van der Waals surface area contributed by atoms with E-state index in [-0.39, 0.29) is 46.8 Å². The van der Waals surface area contributed by atoms with E-state index in [1.807, 2.05) is 13.8 Å². The average Bonchev–Trinajstić information content (AvgIpc) is 2.97. The molecule has 0 bridgehead atoms. The molecule has 1 saturated carbocycles. The predicted octanol–water partition coefficient (Wildman–Crippen LogP) is -4.09. The van der Waals surface area contributed by atoms with E-state index in [2.05, 4.69) is 5.32 Å². The van der Waals surface area contributed by atoms with Crippen molar-refractivity contribution in [3.05, 3.63) is 0 Å². The minimum Gasteiger partial charge on any atom is -0.550 e. The average molecular weight is 335 g/mol. The largest absolute Gasteiger partial charge is 1.00 e. The van der Waals surface area contributed by atoms with E-state index in [9.17, 15) is 14.7 Å². The number of carbonyl (C=O) groups is 2. The van der Waals surface area contributed by atoms with Gasteiger partial charge in [0.25, 0.3) is 0 Å². The molecule has 3 atom stereocenters. The Morgan fingerprint density at radius 1 is 1.26 bits per heavy atom. The van der Waals surface area contributed by atoms with E-state index in [0.717, 1.165) is 0 Å². The monoisotopic (exact) mass is 335 g/mol. The fourth-order valence-electron chi connectivity index (χ4n) is 3.44. The second kappa shape index (κ2) is 6.98. The number of hydrogen-bond donors (Lipinski definition) is 1. The Labute approximate surface area is 157 Å². The molecule has 2 saturated heterocycles. The second-order valence-corrected chi connectivity index (χ2v) is 7.05. The van der Waals surface area contributed by atoms with E-state index in [0.29, 0.717) is 39.4 Å². The van der Waals surface area contributed by atoms with Crippen LogP contribution in [0.2, 0.25) is 0 Å². The number of nitrogens with one attached hydrogen (secondary N) is 1. The first-order valence-corrected chi connectivity index (χ1v) is 7.70. The van der Waals surface area contributed by atoms with Crippen molar-refractivity contribution in [1.82, 2.24) is 5.32 Å². The summed E-state index contributed by atoms with van der Waals surface area (Å²) in [5.74, 6) is -3.14. The van der Waals surface area contributed by atoms with Crippen LogP contribution >= 0.6 is 0 Å². The fraction of sp³-hybridized carbons (Fsp3) is 0.867. The van der Waals surface area contributed by atoms with Gasteiger partial charge in [-0.15, -0.1) is 0 Å². The maximum atomic E-state index is 12.0. The Balaban J connectivity index is 0.00000192. The van der Waals surface area contributed by atoms with E-state index < -0.39 is 23.6 Å². The number of aliphatic carboxylic acids is 1. The van der Waals surface area contributed by atoms with Gasteiger partial charge in [0.05, 0.1) is 19.8 Å². The molecular weight excluding hydrogens is 313 g/mol. The van der Waals surface area contributed by atoms with Crippen molar-refractivity contribution >= 4 is 11.9 Å². The Morgan fingerprint density at radius 3 is 2.48 bits per heavy atom. The molecule has 1 spiro atoms. The molecular formula is C15H22NNaO6. The summed E-state index contributed by atoms with van der Waals surface area (Å²) in [6.45, 7) is 6.52. The van der Waals surface area contributed by atoms with Crippen LogP contribution in [0.25, 0.3) is 0 Å². The molecule has 0 aromatic heterocycles. The van der Waals surface area contributed by atoms with Gasteiger partial charge in [-0.05, 0) is 11.8 Å². The molecule has 2 heterocycles. The van der Waals surface area contributed by atoms with Gasteiger partial charge in [0.1, 0.15) is 6.61 Å². The molecule has 2 aliphatic heterocycles. The quantitative estimate of drug-likeness (QED) is 0.513.